The minimum absolute atomic E-state index is 0.221. The second-order valence-electron chi connectivity index (χ2n) is 3.99. The van der Waals surface area contributed by atoms with Gasteiger partial charge >= 0.3 is 5.97 Å². The van der Waals surface area contributed by atoms with Crippen LogP contribution in [-0.2, 0) is 9.53 Å². The standard InChI is InChI=1S/C12H16Br2O2/c1-3-4-5-6-8(2)10-11(14)9(7-13)16-12(10)15/h7-8H,3-6H2,1-2H3/b9-7-. The molecule has 0 spiro atoms. The maximum atomic E-state index is 11.7. The second kappa shape index (κ2) is 6.60. The maximum Gasteiger partial charge on any atom is 0.341 e. The monoisotopic (exact) mass is 350 g/mol. The summed E-state index contributed by atoms with van der Waals surface area (Å²) < 4.78 is 5.91. The summed E-state index contributed by atoms with van der Waals surface area (Å²) in [6, 6.07) is 0. The van der Waals surface area contributed by atoms with Crippen LogP contribution < -0.4 is 0 Å². The van der Waals surface area contributed by atoms with Crippen molar-refractivity contribution in [1.29, 1.82) is 0 Å². The molecule has 16 heavy (non-hydrogen) atoms. The topological polar surface area (TPSA) is 26.3 Å². The molecule has 1 heterocycles. The van der Waals surface area contributed by atoms with Gasteiger partial charge in [-0.15, -0.1) is 0 Å². The van der Waals surface area contributed by atoms with Gasteiger partial charge in [-0.2, -0.15) is 0 Å². The first-order chi connectivity index (χ1) is 7.61. The van der Waals surface area contributed by atoms with Crippen LogP contribution in [0.4, 0.5) is 0 Å². The van der Waals surface area contributed by atoms with E-state index in [1.807, 2.05) is 0 Å². The predicted octanol–water partition coefficient (Wildman–Crippen LogP) is 4.64. The van der Waals surface area contributed by atoms with Gasteiger partial charge in [-0.1, -0.05) is 49.0 Å². The van der Waals surface area contributed by atoms with Gasteiger partial charge in [0.25, 0.3) is 0 Å². The highest BCUT2D eigenvalue weighted by molar-refractivity contribution is 9.12. The third-order valence-corrected chi connectivity index (χ3v) is 3.94. The highest BCUT2D eigenvalue weighted by Crippen LogP contribution is 2.37. The Kier molecular flexibility index (Phi) is 5.76. The van der Waals surface area contributed by atoms with Crippen LogP contribution in [0.5, 0.6) is 0 Å². The SMILES string of the molecule is CCCCCC(C)C1=C(Br)/C(=C/Br)OC1=O. The molecule has 0 fully saturated rings. The zero-order valence-corrected chi connectivity index (χ0v) is 12.7. The van der Waals surface area contributed by atoms with E-state index >= 15 is 0 Å². The quantitative estimate of drug-likeness (QED) is 0.532. The number of cyclic esters (lactones) is 1. The Morgan fingerprint density at radius 1 is 1.44 bits per heavy atom. The number of unbranched alkanes of at least 4 members (excludes halogenated alkanes) is 2. The summed E-state index contributed by atoms with van der Waals surface area (Å²) in [6.07, 6.45) is 4.60. The van der Waals surface area contributed by atoms with Crippen molar-refractivity contribution in [2.45, 2.75) is 39.5 Å². The fourth-order valence-electron chi connectivity index (χ4n) is 1.75. The van der Waals surface area contributed by atoms with Gasteiger partial charge in [0.15, 0.2) is 5.76 Å². The minimum atomic E-state index is -0.221. The van der Waals surface area contributed by atoms with Gasteiger partial charge < -0.3 is 4.74 Å². The van der Waals surface area contributed by atoms with Crippen LogP contribution in [0.25, 0.3) is 0 Å². The van der Waals surface area contributed by atoms with Crippen LogP contribution in [0.1, 0.15) is 39.5 Å². The number of hydrogen-bond acceptors (Lipinski definition) is 2. The van der Waals surface area contributed by atoms with Crippen LogP contribution in [0.15, 0.2) is 20.8 Å². The van der Waals surface area contributed by atoms with E-state index in [-0.39, 0.29) is 11.9 Å². The lowest BCUT2D eigenvalue weighted by atomic mass is 9.95. The summed E-state index contributed by atoms with van der Waals surface area (Å²) in [4.78, 5) is 13.3. The average molecular weight is 352 g/mol. The van der Waals surface area contributed by atoms with E-state index in [0.29, 0.717) is 5.76 Å². The average Bonchev–Trinajstić information content (AvgIpc) is 2.54. The summed E-state index contributed by atoms with van der Waals surface area (Å²) in [7, 11) is 0. The van der Waals surface area contributed by atoms with Crippen LogP contribution >= 0.6 is 31.9 Å². The third kappa shape index (κ3) is 3.20. The molecule has 90 valence electrons. The Bertz CT molecular complexity index is 332. The Balaban J connectivity index is 2.70. The van der Waals surface area contributed by atoms with Gasteiger partial charge in [-0.25, -0.2) is 4.79 Å². The molecule has 0 radical (unpaired) electrons. The number of allylic oxidation sites excluding steroid dienone is 1. The van der Waals surface area contributed by atoms with Crippen molar-refractivity contribution in [2.75, 3.05) is 0 Å². The summed E-state index contributed by atoms with van der Waals surface area (Å²) >= 11 is 6.60. The van der Waals surface area contributed by atoms with Gasteiger partial charge in [0.2, 0.25) is 0 Å². The molecule has 0 saturated carbocycles. The largest absolute Gasteiger partial charge is 0.421 e. The van der Waals surface area contributed by atoms with Crippen molar-refractivity contribution in [1.82, 2.24) is 0 Å². The van der Waals surface area contributed by atoms with Gasteiger partial charge in [0, 0.05) is 4.99 Å². The van der Waals surface area contributed by atoms with E-state index in [2.05, 4.69) is 45.7 Å². The predicted molar refractivity (Wildman–Crippen MR) is 72.4 cm³/mol. The van der Waals surface area contributed by atoms with Crippen LogP contribution in [0.3, 0.4) is 0 Å². The van der Waals surface area contributed by atoms with Gasteiger partial charge in [-0.05, 0) is 28.3 Å². The first-order valence-electron chi connectivity index (χ1n) is 5.54. The molecule has 0 N–H and O–H groups in total. The third-order valence-electron chi connectivity index (χ3n) is 2.71. The van der Waals surface area contributed by atoms with Gasteiger partial charge in [-0.3, -0.25) is 0 Å². The fourth-order valence-corrected chi connectivity index (χ4v) is 3.13. The van der Waals surface area contributed by atoms with E-state index in [1.165, 1.54) is 12.8 Å². The zero-order chi connectivity index (χ0) is 12.1. The van der Waals surface area contributed by atoms with Crippen molar-refractivity contribution in [3.8, 4) is 0 Å². The second-order valence-corrected chi connectivity index (χ2v) is 5.24. The summed E-state index contributed by atoms with van der Waals surface area (Å²) in [5, 5.41) is 0. The molecule has 0 aromatic rings. The first kappa shape index (κ1) is 14.0. The minimum Gasteiger partial charge on any atom is -0.421 e. The normalized spacial score (nSPS) is 20.5. The Morgan fingerprint density at radius 2 is 2.12 bits per heavy atom. The Hall–Kier alpha value is -0.0900. The van der Waals surface area contributed by atoms with E-state index < -0.39 is 0 Å². The van der Waals surface area contributed by atoms with E-state index in [9.17, 15) is 4.79 Å². The molecule has 0 aliphatic carbocycles. The van der Waals surface area contributed by atoms with Crippen LogP contribution in [0.2, 0.25) is 0 Å². The van der Waals surface area contributed by atoms with Crippen LogP contribution in [-0.4, -0.2) is 5.97 Å². The number of ether oxygens (including phenoxy) is 1. The highest BCUT2D eigenvalue weighted by Gasteiger charge is 2.31. The first-order valence-corrected chi connectivity index (χ1v) is 7.25. The van der Waals surface area contributed by atoms with Crippen molar-refractivity contribution >= 4 is 37.8 Å². The molecule has 0 saturated heterocycles. The maximum absolute atomic E-state index is 11.7. The molecule has 2 nitrogen and oxygen atoms in total. The number of carbonyl (C=O) groups excluding carboxylic acids is 1. The van der Waals surface area contributed by atoms with E-state index in [1.54, 1.807) is 4.99 Å². The molecule has 0 bridgehead atoms. The highest BCUT2D eigenvalue weighted by atomic mass is 79.9. The molecule has 0 amide bonds. The smallest absolute Gasteiger partial charge is 0.341 e. The van der Waals surface area contributed by atoms with Crippen molar-refractivity contribution in [3.05, 3.63) is 20.8 Å². The van der Waals surface area contributed by atoms with Gasteiger partial charge in [0.1, 0.15) is 0 Å². The Labute approximate surface area is 113 Å². The number of rotatable bonds is 5. The molecule has 1 unspecified atom stereocenters. The lowest BCUT2D eigenvalue weighted by Crippen LogP contribution is -2.08. The van der Waals surface area contributed by atoms with Crippen molar-refractivity contribution in [2.24, 2.45) is 5.92 Å². The molecule has 1 aliphatic heterocycles. The van der Waals surface area contributed by atoms with Crippen molar-refractivity contribution < 1.29 is 9.53 Å². The lowest BCUT2D eigenvalue weighted by molar-refractivity contribution is -0.133. The molecule has 0 aromatic carbocycles. The number of hydrogen-bond donors (Lipinski definition) is 0. The Morgan fingerprint density at radius 3 is 2.62 bits per heavy atom. The molecule has 4 heteroatoms. The van der Waals surface area contributed by atoms with Crippen molar-refractivity contribution in [3.63, 3.8) is 0 Å². The molecular formula is C12H16Br2O2. The summed E-state index contributed by atoms with van der Waals surface area (Å²) in [5.41, 5.74) is 0.766. The van der Waals surface area contributed by atoms with E-state index in [0.717, 1.165) is 22.9 Å². The molecule has 1 aliphatic rings. The van der Waals surface area contributed by atoms with Gasteiger partial charge in [0.05, 0.1) is 10.1 Å². The number of halogens is 2. The molecular weight excluding hydrogens is 336 g/mol. The fraction of sp³-hybridized carbons (Fsp3) is 0.583. The molecule has 1 rings (SSSR count). The van der Waals surface area contributed by atoms with E-state index in [4.69, 9.17) is 4.74 Å². The van der Waals surface area contributed by atoms with Crippen LogP contribution in [0, 0.1) is 5.92 Å². The molecule has 1 atom stereocenters. The molecule has 0 aromatic heterocycles. The zero-order valence-electron chi connectivity index (χ0n) is 9.56. The summed E-state index contributed by atoms with van der Waals surface area (Å²) in [5.74, 6) is 0.599. The summed E-state index contributed by atoms with van der Waals surface area (Å²) in [6.45, 7) is 4.25. The number of carbonyl (C=O) groups is 1. The lowest BCUT2D eigenvalue weighted by Gasteiger charge is -2.09. The number of esters is 1.